The van der Waals surface area contributed by atoms with Gasteiger partial charge in [-0.25, -0.2) is 4.98 Å². The third kappa shape index (κ3) is 3.08. The zero-order chi connectivity index (χ0) is 19.8. The van der Waals surface area contributed by atoms with Crippen LogP contribution in [0.4, 0.5) is 5.69 Å². The summed E-state index contributed by atoms with van der Waals surface area (Å²) in [5.74, 6) is 0.782. The van der Waals surface area contributed by atoms with Crippen molar-refractivity contribution in [3.63, 3.8) is 0 Å². The van der Waals surface area contributed by atoms with E-state index < -0.39 is 0 Å². The molecule has 2 heterocycles. The summed E-state index contributed by atoms with van der Waals surface area (Å²) < 4.78 is 5.36. The van der Waals surface area contributed by atoms with Gasteiger partial charge >= 0.3 is 0 Å². The van der Waals surface area contributed by atoms with E-state index in [9.17, 15) is 4.79 Å². The minimum absolute atomic E-state index is 0.0274. The quantitative estimate of drug-likeness (QED) is 0.408. The minimum Gasteiger partial charge on any atom is -0.496 e. The van der Waals surface area contributed by atoms with Gasteiger partial charge in [0.1, 0.15) is 5.75 Å². The second kappa shape index (κ2) is 6.98. The highest BCUT2D eigenvalue weighted by atomic mass is 16.5. The summed E-state index contributed by atoms with van der Waals surface area (Å²) in [6.45, 7) is 0. The summed E-state index contributed by atoms with van der Waals surface area (Å²) in [5, 5.41) is 12.3. The van der Waals surface area contributed by atoms with E-state index in [1.807, 2.05) is 48.7 Å². The summed E-state index contributed by atoms with van der Waals surface area (Å²) >= 11 is 0. The number of anilines is 1. The van der Waals surface area contributed by atoms with Crippen LogP contribution in [0.5, 0.6) is 5.75 Å². The van der Waals surface area contributed by atoms with Crippen LogP contribution in [0.25, 0.3) is 32.7 Å². The lowest BCUT2D eigenvalue weighted by molar-refractivity contribution is -0.116. The van der Waals surface area contributed by atoms with Crippen molar-refractivity contribution in [2.45, 2.75) is 12.8 Å². The molecule has 5 aromatic rings. The highest BCUT2D eigenvalue weighted by Gasteiger charge is 2.12. The third-order valence-electron chi connectivity index (χ3n) is 5.25. The van der Waals surface area contributed by atoms with E-state index >= 15 is 0 Å². The van der Waals surface area contributed by atoms with Gasteiger partial charge in [-0.15, -0.1) is 0 Å². The topological polar surface area (TPSA) is 82.8 Å². The number of fused-ring (bicyclic) bond motifs is 5. The van der Waals surface area contributed by atoms with Crippen molar-refractivity contribution in [2.24, 2.45) is 0 Å². The molecular formula is C23H20N4O2. The average molecular weight is 384 g/mol. The number of methoxy groups -OCH3 is 1. The average Bonchev–Trinajstić information content (AvgIpc) is 3.36. The molecular weight excluding hydrogens is 364 g/mol. The number of aromatic amines is 2. The number of hydrogen-bond acceptors (Lipinski definition) is 3. The number of rotatable bonds is 5. The predicted molar refractivity (Wildman–Crippen MR) is 115 cm³/mol. The molecule has 29 heavy (non-hydrogen) atoms. The molecule has 0 atom stereocenters. The molecule has 5 rings (SSSR count). The summed E-state index contributed by atoms with van der Waals surface area (Å²) in [6, 6.07) is 17.7. The largest absolute Gasteiger partial charge is 0.496 e. The first kappa shape index (κ1) is 17.3. The van der Waals surface area contributed by atoms with Gasteiger partial charge in [-0.2, -0.15) is 0 Å². The number of ether oxygens (including phenoxy) is 1. The molecule has 0 bridgehead atoms. The number of amides is 1. The van der Waals surface area contributed by atoms with E-state index in [1.165, 1.54) is 0 Å². The Morgan fingerprint density at radius 3 is 2.90 bits per heavy atom. The van der Waals surface area contributed by atoms with Gasteiger partial charge in [-0.3, -0.25) is 9.89 Å². The lowest BCUT2D eigenvalue weighted by atomic mass is 10.1. The molecule has 0 aliphatic rings. The van der Waals surface area contributed by atoms with Crippen molar-refractivity contribution in [1.29, 1.82) is 0 Å². The Kier molecular flexibility index (Phi) is 4.17. The number of nitrogens with one attached hydrogen (secondary N) is 3. The van der Waals surface area contributed by atoms with E-state index in [0.29, 0.717) is 12.8 Å². The van der Waals surface area contributed by atoms with Crippen molar-refractivity contribution in [3.8, 4) is 5.75 Å². The number of para-hydroxylation sites is 1. The third-order valence-corrected chi connectivity index (χ3v) is 5.25. The highest BCUT2D eigenvalue weighted by Crippen LogP contribution is 2.31. The summed E-state index contributed by atoms with van der Waals surface area (Å²) in [5.41, 5.74) is 4.63. The van der Waals surface area contributed by atoms with Gasteiger partial charge in [0.25, 0.3) is 0 Å². The zero-order valence-electron chi connectivity index (χ0n) is 16.0. The number of hydrogen-bond donors (Lipinski definition) is 3. The monoisotopic (exact) mass is 384 g/mol. The maximum atomic E-state index is 12.5. The van der Waals surface area contributed by atoms with Crippen molar-refractivity contribution in [1.82, 2.24) is 15.2 Å². The van der Waals surface area contributed by atoms with E-state index in [0.717, 1.165) is 49.7 Å². The number of nitrogens with zero attached hydrogens (tertiary/aromatic N) is 1. The molecule has 6 heteroatoms. The molecule has 0 radical (unpaired) electrons. The molecule has 0 fully saturated rings. The van der Waals surface area contributed by atoms with Gasteiger partial charge in [-0.1, -0.05) is 30.3 Å². The lowest BCUT2D eigenvalue weighted by Crippen LogP contribution is -2.12. The van der Waals surface area contributed by atoms with E-state index in [4.69, 9.17) is 9.72 Å². The Bertz CT molecular complexity index is 1350. The first-order valence-electron chi connectivity index (χ1n) is 9.52. The fourth-order valence-corrected chi connectivity index (χ4v) is 3.81. The van der Waals surface area contributed by atoms with Crippen LogP contribution in [0.2, 0.25) is 0 Å². The summed E-state index contributed by atoms with van der Waals surface area (Å²) in [7, 11) is 1.64. The van der Waals surface area contributed by atoms with Gasteiger partial charge in [0.15, 0.2) is 0 Å². The van der Waals surface area contributed by atoms with Gasteiger partial charge in [0, 0.05) is 34.5 Å². The molecule has 6 nitrogen and oxygen atoms in total. The van der Waals surface area contributed by atoms with Gasteiger partial charge in [-0.05, 0) is 36.2 Å². The molecule has 0 saturated heterocycles. The van der Waals surface area contributed by atoms with Gasteiger partial charge in [0.05, 0.1) is 23.7 Å². The normalized spacial score (nSPS) is 11.3. The van der Waals surface area contributed by atoms with Gasteiger partial charge in [0.2, 0.25) is 5.91 Å². The van der Waals surface area contributed by atoms with E-state index in [-0.39, 0.29) is 5.91 Å². The van der Waals surface area contributed by atoms with Crippen molar-refractivity contribution in [3.05, 3.63) is 66.4 Å². The molecule has 0 spiro atoms. The fourth-order valence-electron chi connectivity index (χ4n) is 3.81. The predicted octanol–water partition coefficient (Wildman–Crippen LogP) is 4.78. The number of benzene rings is 3. The SMILES string of the molecule is COc1ccccc1CCC(=O)Nc1ccc2nc3c(ccc4c[nH][nH]c43)c2c1. The van der Waals surface area contributed by atoms with Crippen LogP contribution < -0.4 is 10.1 Å². The van der Waals surface area contributed by atoms with Crippen LogP contribution in [0, 0.1) is 0 Å². The fraction of sp³-hybridized carbons (Fsp3) is 0.130. The van der Waals surface area contributed by atoms with Gasteiger partial charge < -0.3 is 15.2 Å². The Balaban J connectivity index is 1.38. The molecule has 3 N–H and O–H groups in total. The van der Waals surface area contributed by atoms with Crippen LogP contribution in [0.3, 0.4) is 0 Å². The molecule has 0 aliphatic carbocycles. The van der Waals surface area contributed by atoms with Crippen molar-refractivity contribution < 1.29 is 9.53 Å². The molecule has 3 aromatic carbocycles. The van der Waals surface area contributed by atoms with Crippen LogP contribution in [0.15, 0.2) is 60.8 Å². The molecule has 0 unspecified atom stereocenters. The summed E-state index contributed by atoms with van der Waals surface area (Å²) in [6.07, 6.45) is 2.93. The summed E-state index contributed by atoms with van der Waals surface area (Å²) in [4.78, 5) is 17.2. The van der Waals surface area contributed by atoms with E-state index in [2.05, 4.69) is 27.6 Å². The van der Waals surface area contributed by atoms with Crippen molar-refractivity contribution >= 4 is 44.3 Å². The molecule has 0 saturated carbocycles. The molecule has 144 valence electrons. The minimum atomic E-state index is -0.0274. The maximum absolute atomic E-state index is 12.5. The van der Waals surface area contributed by atoms with Crippen LogP contribution in [0.1, 0.15) is 12.0 Å². The smallest absolute Gasteiger partial charge is 0.224 e. The van der Waals surface area contributed by atoms with Crippen molar-refractivity contribution in [2.75, 3.05) is 12.4 Å². The first-order chi connectivity index (χ1) is 14.2. The number of aromatic nitrogens is 3. The second-order valence-corrected chi connectivity index (χ2v) is 7.04. The molecule has 2 aromatic heterocycles. The second-order valence-electron chi connectivity index (χ2n) is 7.04. The lowest BCUT2D eigenvalue weighted by Gasteiger charge is -2.09. The number of aryl methyl sites for hydroxylation is 1. The number of carbonyl (C=O) groups excluding carboxylic acids is 1. The molecule has 0 aliphatic heterocycles. The Morgan fingerprint density at radius 2 is 2.00 bits per heavy atom. The van der Waals surface area contributed by atoms with E-state index in [1.54, 1.807) is 7.11 Å². The van der Waals surface area contributed by atoms with Crippen LogP contribution in [-0.2, 0) is 11.2 Å². The zero-order valence-corrected chi connectivity index (χ0v) is 16.0. The Hall–Kier alpha value is -3.80. The Morgan fingerprint density at radius 1 is 1.10 bits per heavy atom. The number of carbonyl (C=O) groups is 1. The maximum Gasteiger partial charge on any atom is 0.224 e. The molecule has 1 amide bonds. The highest BCUT2D eigenvalue weighted by molar-refractivity contribution is 6.16. The number of H-pyrrole nitrogens is 2. The Labute approximate surface area is 166 Å². The standard InChI is InChI=1S/C23H20N4O2/c1-29-20-5-3-2-4-14(20)7-11-21(28)25-16-8-10-19-18(12-16)17-9-6-15-13-24-27-22(15)23(17)26-19/h2-6,8-10,12-13,24,27H,7,11H2,1H3,(H,25,28). The van der Waals surface area contributed by atoms with Crippen LogP contribution >= 0.6 is 0 Å². The first-order valence-corrected chi connectivity index (χ1v) is 9.52. The van der Waals surface area contributed by atoms with Crippen LogP contribution in [-0.4, -0.2) is 28.2 Å².